The van der Waals surface area contributed by atoms with E-state index in [9.17, 15) is 13.2 Å². The van der Waals surface area contributed by atoms with Gasteiger partial charge in [0.05, 0.1) is 6.54 Å². The third-order valence-corrected chi connectivity index (χ3v) is 4.16. The van der Waals surface area contributed by atoms with Crippen molar-refractivity contribution < 1.29 is 13.2 Å². The van der Waals surface area contributed by atoms with E-state index in [0.717, 1.165) is 19.5 Å². The minimum atomic E-state index is -4.10. The van der Waals surface area contributed by atoms with Gasteiger partial charge in [-0.05, 0) is 32.9 Å². The number of alkyl halides is 3. The molecule has 2 fully saturated rings. The second-order valence-electron chi connectivity index (χ2n) is 5.43. The van der Waals surface area contributed by atoms with Crippen LogP contribution >= 0.6 is 0 Å². The highest BCUT2D eigenvalue weighted by Gasteiger charge is 2.34. The lowest BCUT2D eigenvalue weighted by Gasteiger charge is -2.25. The smallest absolute Gasteiger partial charge is 0.307 e. The second kappa shape index (κ2) is 5.75. The van der Waals surface area contributed by atoms with Crippen LogP contribution in [0.2, 0.25) is 0 Å². The van der Waals surface area contributed by atoms with Gasteiger partial charge in [-0.3, -0.25) is 4.90 Å². The Balaban J connectivity index is 1.68. The van der Waals surface area contributed by atoms with E-state index in [0.29, 0.717) is 25.2 Å². The number of hydrogen-bond acceptors (Lipinski definition) is 3. The van der Waals surface area contributed by atoms with Crippen LogP contribution in [0, 0.1) is 0 Å². The largest absolute Gasteiger partial charge is 0.401 e. The normalized spacial score (nSPS) is 30.7. The number of halogens is 3. The number of hydrogen-bond donors (Lipinski definition) is 1. The number of rotatable bonds is 4. The average Bonchev–Trinajstić information content (AvgIpc) is 2.49. The standard InChI is InChI=1S/C12H22F3N3/c1-17-10-2-3-11(17)8-18(6-4-10)7-5-16-9-12(13,14)15/h10-11,16H,2-9H2,1H3. The molecule has 2 rings (SSSR count). The Labute approximate surface area is 106 Å². The van der Waals surface area contributed by atoms with Crippen molar-refractivity contribution in [2.75, 3.05) is 39.8 Å². The van der Waals surface area contributed by atoms with Crippen LogP contribution in [0.3, 0.4) is 0 Å². The number of nitrogens with one attached hydrogen (secondary N) is 1. The lowest BCUT2D eigenvalue weighted by molar-refractivity contribution is -0.124. The predicted octanol–water partition coefficient (Wildman–Crippen LogP) is 1.31. The Hall–Kier alpha value is -0.330. The molecule has 1 N–H and O–H groups in total. The average molecular weight is 265 g/mol. The molecule has 2 unspecified atom stereocenters. The van der Waals surface area contributed by atoms with Gasteiger partial charge < -0.3 is 10.2 Å². The lowest BCUT2D eigenvalue weighted by atomic mass is 10.1. The van der Waals surface area contributed by atoms with Crippen molar-refractivity contribution in [3.05, 3.63) is 0 Å². The van der Waals surface area contributed by atoms with Crippen LogP contribution in [0.25, 0.3) is 0 Å². The first-order valence-electron chi connectivity index (χ1n) is 6.67. The van der Waals surface area contributed by atoms with E-state index in [1.165, 1.54) is 12.8 Å². The molecule has 0 saturated carbocycles. The van der Waals surface area contributed by atoms with Crippen LogP contribution in [-0.4, -0.2) is 67.8 Å². The Bertz CT molecular complexity index is 270. The molecule has 0 spiro atoms. The van der Waals surface area contributed by atoms with Crippen molar-refractivity contribution in [1.29, 1.82) is 0 Å². The minimum absolute atomic E-state index is 0.417. The molecule has 6 heteroatoms. The fourth-order valence-corrected chi connectivity index (χ4v) is 3.05. The molecule has 18 heavy (non-hydrogen) atoms. The van der Waals surface area contributed by atoms with Gasteiger partial charge in [0.2, 0.25) is 0 Å². The third kappa shape index (κ3) is 3.83. The fourth-order valence-electron chi connectivity index (χ4n) is 3.05. The zero-order valence-electron chi connectivity index (χ0n) is 10.8. The Kier molecular flexibility index (Phi) is 4.50. The topological polar surface area (TPSA) is 18.5 Å². The summed E-state index contributed by atoms with van der Waals surface area (Å²) in [6.07, 6.45) is -0.445. The highest BCUT2D eigenvalue weighted by molar-refractivity contribution is 4.91. The van der Waals surface area contributed by atoms with Crippen LogP contribution in [-0.2, 0) is 0 Å². The van der Waals surface area contributed by atoms with Crippen LogP contribution < -0.4 is 5.32 Å². The lowest BCUT2D eigenvalue weighted by Crippen LogP contribution is -2.40. The quantitative estimate of drug-likeness (QED) is 0.773. The monoisotopic (exact) mass is 265 g/mol. The summed E-state index contributed by atoms with van der Waals surface area (Å²) in [5.74, 6) is 0. The Morgan fingerprint density at radius 2 is 1.89 bits per heavy atom. The van der Waals surface area contributed by atoms with Gasteiger partial charge in [0.25, 0.3) is 0 Å². The Morgan fingerprint density at radius 1 is 1.17 bits per heavy atom. The molecule has 0 aromatic carbocycles. The zero-order chi connectivity index (χ0) is 13.2. The summed E-state index contributed by atoms with van der Waals surface area (Å²) in [7, 11) is 2.17. The summed E-state index contributed by atoms with van der Waals surface area (Å²) in [6, 6.07) is 1.28. The molecule has 0 aromatic heterocycles. The second-order valence-corrected chi connectivity index (χ2v) is 5.43. The molecule has 0 amide bonds. The summed E-state index contributed by atoms with van der Waals surface area (Å²) < 4.78 is 35.9. The van der Waals surface area contributed by atoms with Crippen LogP contribution in [0.5, 0.6) is 0 Å². The first-order valence-corrected chi connectivity index (χ1v) is 6.67. The minimum Gasteiger partial charge on any atom is -0.307 e. The molecule has 2 aliphatic heterocycles. The molecule has 0 aliphatic carbocycles. The van der Waals surface area contributed by atoms with Crippen LogP contribution in [0.1, 0.15) is 19.3 Å². The van der Waals surface area contributed by atoms with Crippen LogP contribution in [0.4, 0.5) is 13.2 Å². The van der Waals surface area contributed by atoms with Crippen molar-refractivity contribution in [3.63, 3.8) is 0 Å². The SMILES string of the molecule is CN1C2CCC1CN(CCNCC(F)(F)F)CC2. The molecule has 0 aromatic rings. The summed E-state index contributed by atoms with van der Waals surface area (Å²) >= 11 is 0. The van der Waals surface area contributed by atoms with E-state index >= 15 is 0 Å². The molecule has 2 saturated heterocycles. The van der Waals surface area contributed by atoms with Crippen molar-refractivity contribution in [3.8, 4) is 0 Å². The molecule has 106 valence electrons. The number of likely N-dealkylation sites (tertiary alicyclic amines) is 1. The third-order valence-electron chi connectivity index (χ3n) is 4.16. The van der Waals surface area contributed by atoms with Crippen molar-refractivity contribution in [1.82, 2.24) is 15.1 Å². The van der Waals surface area contributed by atoms with Gasteiger partial charge in [0, 0.05) is 31.7 Å². The molecular formula is C12H22F3N3. The highest BCUT2D eigenvalue weighted by atomic mass is 19.4. The summed E-state index contributed by atoms with van der Waals surface area (Å²) in [4.78, 5) is 4.74. The Morgan fingerprint density at radius 3 is 2.61 bits per heavy atom. The maximum absolute atomic E-state index is 12.0. The summed E-state index contributed by atoms with van der Waals surface area (Å²) in [5, 5.41) is 2.47. The first-order chi connectivity index (χ1) is 8.46. The van der Waals surface area contributed by atoms with Crippen molar-refractivity contribution in [2.24, 2.45) is 0 Å². The number of nitrogens with zero attached hydrogens (tertiary/aromatic N) is 2. The van der Waals surface area contributed by atoms with E-state index in [1.54, 1.807) is 0 Å². The van der Waals surface area contributed by atoms with Gasteiger partial charge in [-0.1, -0.05) is 0 Å². The van der Waals surface area contributed by atoms with Gasteiger partial charge in [0.15, 0.2) is 0 Å². The van der Waals surface area contributed by atoms with E-state index in [2.05, 4.69) is 22.2 Å². The van der Waals surface area contributed by atoms with Crippen molar-refractivity contribution >= 4 is 0 Å². The summed E-state index contributed by atoms with van der Waals surface area (Å²) in [6.45, 7) is 2.26. The van der Waals surface area contributed by atoms with E-state index < -0.39 is 12.7 Å². The molecule has 0 radical (unpaired) electrons. The van der Waals surface area contributed by atoms with Crippen molar-refractivity contribution in [2.45, 2.75) is 37.5 Å². The first kappa shape index (κ1) is 14.1. The van der Waals surface area contributed by atoms with Crippen LogP contribution in [0.15, 0.2) is 0 Å². The molecule has 2 atom stereocenters. The predicted molar refractivity (Wildman–Crippen MR) is 64.6 cm³/mol. The molecule has 2 bridgehead atoms. The zero-order valence-corrected chi connectivity index (χ0v) is 10.8. The molecule has 3 nitrogen and oxygen atoms in total. The van der Waals surface area contributed by atoms with Gasteiger partial charge in [-0.25, -0.2) is 0 Å². The van der Waals surface area contributed by atoms with Gasteiger partial charge in [0.1, 0.15) is 0 Å². The van der Waals surface area contributed by atoms with Gasteiger partial charge in [-0.15, -0.1) is 0 Å². The van der Waals surface area contributed by atoms with Gasteiger partial charge in [-0.2, -0.15) is 13.2 Å². The van der Waals surface area contributed by atoms with E-state index in [1.807, 2.05) is 0 Å². The van der Waals surface area contributed by atoms with E-state index in [4.69, 9.17) is 0 Å². The molecule has 2 aliphatic rings. The molecular weight excluding hydrogens is 243 g/mol. The number of likely N-dealkylation sites (N-methyl/N-ethyl adjacent to an activating group) is 1. The molecule has 2 heterocycles. The highest BCUT2D eigenvalue weighted by Crippen LogP contribution is 2.28. The fraction of sp³-hybridized carbons (Fsp3) is 1.00. The van der Waals surface area contributed by atoms with Gasteiger partial charge >= 0.3 is 6.18 Å². The maximum atomic E-state index is 12.0. The number of fused-ring (bicyclic) bond motifs is 2. The summed E-state index contributed by atoms with van der Waals surface area (Å²) in [5.41, 5.74) is 0. The maximum Gasteiger partial charge on any atom is 0.401 e. The van der Waals surface area contributed by atoms with E-state index in [-0.39, 0.29) is 0 Å².